The van der Waals surface area contributed by atoms with Gasteiger partial charge in [-0.15, -0.1) is 0 Å². The Balaban J connectivity index is 1.83. The zero-order valence-electron chi connectivity index (χ0n) is 9.63. The molecule has 2 aliphatic rings. The first-order valence-electron chi connectivity index (χ1n) is 6.21. The van der Waals surface area contributed by atoms with E-state index < -0.39 is 0 Å². The molecule has 14 heavy (non-hydrogen) atoms. The summed E-state index contributed by atoms with van der Waals surface area (Å²) in [5, 5.41) is 3.67. The SMILES string of the molecule is CC(C)CN1CCC2NCCCC2C1. The first-order chi connectivity index (χ1) is 6.75. The average molecular weight is 196 g/mol. The van der Waals surface area contributed by atoms with E-state index in [-0.39, 0.29) is 0 Å². The lowest BCUT2D eigenvalue weighted by atomic mass is 9.85. The Morgan fingerprint density at radius 3 is 3.00 bits per heavy atom. The maximum Gasteiger partial charge on any atom is 0.0120 e. The second-order valence-corrected chi connectivity index (χ2v) is 5.41. The number of nitrogens with one attached hydrogen (secondary N) is 1. The quantitative estimate of drug-likeness (QED) is 0.723. The van der Waals surface area contributed by atoms with E-state index in [1.54, 1.807) is 0 Å². The van der Waals surface area contributed by atoms with Crippen LogP contribution in [0.15, 0.2) is 0 Å². The summed E-state index contributed by atoms with van der Waals surface area (Å²) >= 11 is 0. The Labute approximate surface area is 88.1 Å². The van der Waals surface area contributed by atoms with Crippen LogP contribution in [0.4, 0.5) is 0 Å². The molecule has 0 aliphatic carbocycles. The molecule has 2 heterocycles. The number of piperidine rings is 2. The second kappa shape index (κ2) is 4.63. The van der Waals surface area contributed by atoms with Crippen LogP contribution in [0.1, 0.15) is 33.1 Å². The van der Waals surface area contributed by atoms with Crippen molar-refractivity contribution >= 4 is 0 Å². The summed E-state index contributed by atoms with van der Waals surface area (Å²) in [5.41, 5.74) is 0. The molecule has 2 heteroatoms. The van der Waals surface area contributed by atoms with Gasteiger partial charge in [-0.3, -0.25) is 0 Å². The summed E-state index contributed by atoms with van der Waals surface area (Å²) in [6, 6.07) is 0.840. The summed E-state index contributed by atoms with van der Waals surface area (Å²) in [6.45, 7) is 9.85. The molecule has 0 aromatic heterocycles. The molecular formula is C12H24N2. The van der Waals surface area contributed by atoms with Gasteiger partial charge in [0.25, 0.3) is 0 Å². The molecule has 82 valence electrons. The number of hydrogen-bond donors (Lipinski definition) is 1. The largest absolute Gasteiger partial charge is 0.314 e. The second-order valence-electron chi connectivity index (χ2n) is 5.41. The lowest BCUT2D eigenvalue weighted by Gasteiger charge is -2.42. The Hall–Kier alpha value is -0.0800. The fraction of sp³-hybridized carbons (Fsp3) is 1.00. The average Bonchev–Trinajstić information content (AvgIpc) is 2.17. The molecule has 2 nitrogen and oxygen atoms in total. The van der Waals surface area contributed by atoms with Crippen molar-refractivity contribution in [2.45, 2.75) is 39.2 Å². The third-order valence-corrected chi connectivity index (χ3v) is 3.60. The van der Waals surface area contributed by atoms with E-state index in [1.165, 1.54) is 45.4 Å². The van der Waals surface area contributed by atoms with E-state index in [4.69, 9.17) is 0 Å². The van der Waals surface area contributed by atoms with Gasteiger partial charge in [0, 0.05) is 19.1 Å². The van der Waals surface area contributed by atoms with Crippen LogP contribution in [-0.4, -0.2) is 37.1 Å². The fourth-order valence-corrected chi connectivity index (χ4v) is 3.00. The fourth-order valence-electron chi connectivity index (χ4n) is 3.00. The molecule has 2 unspecified atom stereocenters. The standard InChI is InChI=1S/C12H24N2/c1-10(2)8-14-7-5-12-11(9-14)4-3-6-13-12/h10-13H,3-9H2,1-2H3. The number of fused-ring (bicyclic) bond motifs is 1. The Morgan fingerprint density at radius 1 is 1.36 bits per heavy atom. The van der Waals surface area contributed by atoms with Crippen LogP contribution in [0.3, 0.4) is 0 Å². The molecule has 0 aromatic rings. The van der Waals surface area contributed by atoms with Crippen molar-refractivity contribution in [3.05, 3.63) is 0 Å². The van der Waals surface area contributed by atoms with Crippen molar-refractivity contribution in [1.29, 1.82) is 0 Å². The highest BCUT2D eigenvalue weighted by Gasteiger charge is 2.30. The summed E-state index contributed by atoms with van der Waals surface area (Å²) in [6.07, 6.45) is 4.21. The third kappa shape index (κ3) is 2.48. The maximum atomic E-state index is 3.67. The Kier molecular flexibility index (Phi) is 3.45. The van der Waals surface area contributed by atoms with E-state index >= 15 is 0 Å². The molecule has 2 rings (SSSR count). The number of hydrogen-bond acceptors (Lipinski definition) is 2. The van der Waals surface area contributed by atoms with Gasteiger partial charge >= 0.3 is 0 Å². The highest BCUT2D eigenvalue weighted by molar-refractivity contribution is 4.88. The van der Waals surface area contributed by atoms with Crippen molar-refractivity contribution in [3.8, 4) is 0 Å². The van der Waals surface area contributed by atoms with Gasteiger partial charge in [0.15, 0.2) is 0 Å². The molecule has 0 radical (unpaired) electrons. The van der Waals surface area contributed by atoms with Crippen LogP contribution in [0.2, 0.25) is 0 Å². The van der Waals surface area contributed by atoms with Crippen molar-refractivity contribution in [2.75, 3.05) is 26.2 Å². The van der Waals surface area contributed by atoms with Gasteiger partial charge in [-0.2, -0.15) is 0 Å². The van der Waals surface area contributed by atoms with Gasteiger partial charge < -0.3 is 10.2 Å². The van der Waals surface area contributed by atoms with Crippen molar-refractivity contribution < 1.29 is 0 Å². The number of rotatable bonds is 2. The lowest BCUT2D eigenvalue weighted by molar-refractivity contribution is 0.105. The molecule has 0 saturated carbocycles. The van der Waals surface area contributed by atoms with Gasteiger partial charge in [-0.1, -0.05) is 13.8 Å². The molecule has 1 N–H and O–H groups in total. The molecule has 0 aromatic carbocycles. The molecule has 2 atom stereocenters. The maximum absolute atomic E-state index is 3.67. The van der Waals surface area contributed by atoms with Crippen molar-refractivity contribution in [3.63, 3.8) is 0 Å². The summed E-state index contributed by atoms with van der Waals surface area (Å²) in [7, 11) is 0. The predicted molar refractivity (Wildman–Crippen MR) is 60.4 cm³/mol. The first kappa shape index (κ1) is 10.4. The summed E-state index contributed by atoms with van der Waals surface area (Å²) in [5.74, 6) is 1.76. The summed E-state index contributed by atoms with van der Waals surface area (Å²) < 4.78 is 0. The highest BCUT2D eigenvalue weighted by atomic mass is 15.2. The monoisotopic (exact) mass is 196 g/mol. The van der Waals surface area contributed by atoms with E-state index in [2.05, 4.69) is 24.1 Å². The molecule has 2 saturated heterocycles. The van der Waals surface area contributed by atoms with Crippen molar-refractivity contribution in [2.24, 2.45) is 11.8 Å². The van der Waals surface area contributed by atoms with Crippen LogP contribution in [-0.2, 0) is 0 Å². The van der Waals surface area contributed by atoms with E-state index in [1.807, 2.05) is 0 Å². The number of nitrogens with zero attached hydrogens (tertiary/aromatic N) is 1. The van der Waals surface area contributed by atoms with E-state index in [0.717, 1.165) is 17.9 Å². The van der Waals surface area contributed by atoms with Gasteiger partial charge in [-0.25, -0.2) is 0 Å². The van der Waals surface area contributed by atoms with Crippen molar-refractivity contribution in [1.82, 2.24) is 10.2 Å². The van der Waals surface area contributed by atoms with Crippen LogP contribution in [0.25, 0.3) is 0 Å². The molecular weight excluding hydrogens is 172 g/mol. The normalized spacial score (nSPS) is 34.5. The third-order valence-electron chi connectivity index (χ3n) is 3.60. The molecule has 2 fully saturated rings. The molecule has 0 amide bonds. The van der Waals surface area contributed by atoms with Gasteiger partial charge in [-0.05, 0) is 44.2 Å². The van der Waals surface area contributed by atoms with E-state index in [0.29, 0.717) is 0 Å². The minimum Gasteiger partial charge on any atom is -0.314 e. The Bertz CT molecular complexity index is 179. The van der Waals surface area contributed by atoms with Crippen LogP contribution in [0.5, 0.6) is 0 Å². The molecule has 0 bridgehead atoms. The lowest BCUT2D eigenvalue weighted by Crippen LogP contribution is -2.52. The zero-order valence-corrected chi connectivity index (χ0v) is 9.63. The minimum atomic E-state index is 0.822. The Morgan fingerprint density at radius 2 is 2.21 bits per heavy atom. The zero-order chi connectivity index (χ0) is 9.97. The topological polar surface area (TPSA) is 15.3 Å². The van der Waals surface area contributed by atoms with Gasteiger partial charge in [0.05, 0.1) is 0 Å². The molecule has 2 aliphatic heterocycles. The first-order valence-corrected chi connectivity index (χ1v) is 6.21. The van der Waals surface area contributed by atoms with Crippen LogP contribution >= 0.6 is 0 Å². The highest BCUT2D eigenvalue weighted by Crippen LogP contribution is 2.25. The smallest absolute Gasteiger partial charge is 0.0120 e. The minimum absolute atomic E-state index is 0.822. The van der Waals surface area contributed by atoms with Crippen LogP contribution < -0.4 is 5.32 Å². The molecule has 0 spiro atoms. The van der Waals surface area contributed by atoms with Crippen LogP contribution in [0, 0.1) is 11.8 Å². The number of likely N-dealkylation sites (tertiary alicyclic amines) is 1. The van der Waals surface area contributed by atoms with Gasteiger partial charge in [0.1, 0.15) is 0 Å². The predicted octanol–water partition coefficient (Wildman–Crippen LogP) is 1.72. The summed E-state index contributed by atoms with van der Waals surface area (Å²) in [4.78, 5) is 2.67. The van der Waals surface area contributed by atoms with Gasteiger partial charge in [0.2, 0.25) is 0 Å². The van der Waals surface area contributed by atoms with E-state index in [9.17, 15) is 0 Å².